The van der Waals surface area contributed by atoms with Crippen molar-refractivity contribution in [1.82, 2.24) is 5.32 Å². The van der Waals surface area contributed by atoms with Gasteiger partial charge in [-0.05, 0) is 83.5 Å². The molecule has 0 fully saturated rings. The number of aliphatic hydroxyl groups is 2. The summed E-state index contributed by atoms with van der Waals surface area (Å²) in [5.74, 6) is -0.174. The van der Waals surface area contributed by atoms with E-state index in [1.165, 1.54) is 225 Å². The third-order valence-corrected chi connectivity index (χ3v) is 14.0. The predicted molar refractivity (Wildman–Crippen MR) is 310 cm³/mol. The van der Waals surface area contributed by atoms with Gasteiger partial charge < -0.3 is 20.3 Å². The number of nitrogens with one attached hydrogen (secondary N) is 1. The molecule has 6 heteroatoms. The molecule has 0 aromatic heterocycles. The van der Waals surface area contributed by atoms with Crippen molar-refractivity contribution in [2.24, 2.45) is 0 Å². The SMILES string of the molecule is CCCCC/C=C\C/C=C\CCCCCCCCCC(=O)OCCCCCCCC/C=C\C/C=C\CCC(=O)NC(CO)C(O)/C=C/CCCCCCCCCCCCCCCCCCCCCCCC. The highest BCUT2D eigenvalue weighted by Gasteiger charge is 2.17. The van der Waals surface area contributed by atoms with Gasteiger partial charge in [0, 0.05) is 12.8 Å². The fourth-order valence-corrected chi connectivity index (χ4v) is 9.24. The van der Waals surface area contributed by atoms with Crippen molar-refractivity contribution in [3.63, 3.8) is 0 Å². The molecule has 6 nitrogen and oxygen atoms in total. The quantitative estimate of drug-likeness (QED) is 0.0321. The first-order valence-electron chi connectivity index (χ1n) is 31.1. The third kappa shape index (κ3) is 56.7. The van der Waals surface area contributed by atoms with E-state index >= 15 is 0 Å². The zero-order chi connectivity index (χ0) is 51.4. The molecule has 1 amide bonds. The van der Waals surface area contributed by atoms with Crippen LogP contribution in [0.2, 0.25) is 0 Å². The van der Waals surface area contributed by atoms with Gasteiger partial charge in [-0.2, -0.15) is 0 Å². The van der Waals surface area contributed by atoms with Gasteiger partial charge in [0.1, 0.15) is 0 Å². The zero-order valence-electron chi connectivity index (χ0n) is 47.2. The lowest BCUT2D eigenvalue weighted by Gasteiger charge is -2.19. The van der Waals surface area contributed by atoms with Crippen LogP contribution in [0, 0.1) is 0 Å². The van der Waals surface area contributed by atoms with Crippen LogP contribution in [0.25, 0.3) is 0 Å². The standard InChI is InChI=1S/C65H119NO5/c1-3-5-7-9-11-13-15-17-19-21-22-23-24-25-26-27-29-30-33-37-41-45-49-53-57-63(68)62(61-67)66-64(69)58-54-50-46-42-38-34-32-36-40-44-48-52-56-60-71-65(70)59-55-51-47-43-39-35-31-28-20-18-16-14-12-10-8-6-4-2/h12,14,18,20,34,38,46,50,53,57,62-63,67-68H,3-11,13,15-17,19,21-33,35-37,39-45,47-49,51-52,54-56,58-61H2,1-2H3,(H,66,69)/b14-12-,20-18-,38-34-,50-46-,57-53+. The molecule has 0 aliphatic carbocycles. The van der Waals surface area contributed by atoms with Crippen LogP contribution in [-0.2, 0) is 14.3 Å². The number of carbonyl (C=O) groups excluding carboxylic acids is 2. The van der Waals surface area contributed by atoms with Gasteiger partial charge >= 0.3 is 5.97 Å². The minimum Gasteiger partial charge on any atom is -0.466 e. The molecule has 0 radical (unpaired) electrons. The Labute approximate surface area is 441 Å². The van der Waals surface area contributed by atoms with E-state index in [0.717, 1.165) is 57.8 Å². The molecule has 3 N–H and O–H groups in total. The van der Waals surface area contributed by atoms with Crippen LogP contribution >= 0.6 is 0 Å². The Morgan fingerprint density at radius 2 is 0.718 bits per heavy atom. The molecule has 71 heavy (non-hydrogen) atoms. The van der Waals surface area contributed by atoms with Gasteiger partial charge in [0.25, 0.3) is 0 Å². The molecule has 0 aromatic rings. The molecule has 0 bridgehead atoms. The van der Waals surface area contributed by atoms with E-state index in [1.807, 2.05) is 12.2 Å². The van der Waals surface area contributed by atoms with Gasteiger partial charge in [0.15, 0.2) is 0 Å². The summed E-state index contributed by atoms with van der Waals surface area (Å²) in [5, 5.41) is 23.1. The predicted octanol–water partition coefficient (Wildman–Crippen LogP) is 19.5. The summed E-state index contributed by atoms with van der Waals surface area (Å²) in [5.41, 5.74) is 0. The Hall–Kier alpha value is -2.44. The first kappa shape index (κ1) is 68.6. The van der Waals surface area contributed by atoms with Crippen LogP contribution in [0.15, 0.2) is 60.8 Å². The van der Waals surface area contributed by atoms with Crippen LogP contribution < -0.4 is 5.32 Å². The van der Waals surface area contributed by atoms with Crippen molar-refractivity contribution in [2.75, 3.05) is 13.2 Å². The Kier molecular flexibility index (Phi) is 58.1. The number of unbranched alkanes of at least 4 members (excludes halogenated alkanes) is 38. The lowest BCUT2D eigenvalue weighted by molar-refractivity contribution is -0.143. The summed E-state index contributed by atoms with van der Waals surface area (Å²) in [6.45, 7) is 4.82. The van der Waals surface area contributed by atoms with Crippen LogP contribution in [0.1, 0.15) is 316 Å². The Morgan fingerprint density at radius 1 is 0.394 bits per heavy atom. The van der Waals surface area contributed by atoms with E-state index in [9.17, 15) is 19.8 Å². The Balaban J connectivity index is 3.57. The van der Waals surface area contributed by atoms with Crippen LogP contribution in [-0.4, -0.2) is 47.4 Å². The van der Waals surface area contributed by atoms with Gasteiger partial charge in [0.2, 0.25) is 5.91 Å². The maximum absolute atomic E-state index is 12.5. The number of ether oxygens (including phenoxy) is 1. The monoisotopic (exact) mass is 994 g/mol. The van der Waals surface area contributed by atoms with Crippen LogP contribution in [0.3, 0.4) is 0 Å². The van der Waals surface area contributed by atoms with Gasteiger partial charge in [0.05, 0.1) is 25.4 Å². The highest BCUT2D eigenvalue weighted by molar-refractivity contribution is 5.76. The lowest BCUT2D eigenvalue weighted by atomic mass is 10.0. The zero-order valence-corrected chi connectivity index (χ0v) is 47.2. The number of aliphatic hydroxyl groups excluding tert-OH is 2. The lowest BCUT2D eigenvalue weighted by Crippen LogP contribution is -2.45. The van der Waals surface area contributed by atoms with Crippen molar-refractivity contribution >= 4 is 11.9 Å². The first-order chi connectivity index (χ1) is 35.0. The molecule has 0 aromatic carbocycles. The van der Waals surface area contributed by atoms with Gasteiger partial charge in [-0.15, -0.1) is 0 Å². The van der Waals surface area contributed by atoms with Gasteiger partial charge in [-0.1, -0.05) is 280 Å². The van der Waals surface area contributed by atoms with Crippen LogP contribution in [0.5, 0.6) is 0 Å². The molecular weight excluding hydrogens is 875 g/mol. The Bertz CT molecular complexity index is 1240. The van der Waals surface area contributed by atoms with E-state index in [0.29, 0.717) is 25.9 Å². The largest absolute Gasteiger partial charge is 0.466 e. The van der Waals surface area contributed by atoms with Crippen molar-refractivity contribution in [3.05, 3.63) is 60.8 Å². The van der Waals surface area contributed by atoms with E-state index in [1.54, 1.807) is 6.08 Å². The molecule has 0 spiro atoms. The molecule has 0 saturated heterocycles. The second kappa shape index (κ2) is 60.1. The fourth-order valence-electron chi connectivity index (χ4n) is 9.24. The molecule has 2 unspecified atom stereocenters. The number of carbonyl (C=O) groups is 2. The first-order valence-corrected chi connectivity index (χ1v) is 31.1. The smallest absolute Gasteiger partial charge is 0.305 e. The summed E-state index contributed by atoms with van der Waals surface area (Å²) in [6, 6.07) is -0.675. The van der Waals surface area contributed by atoms with Crippen molar-refractivity contribution in [3.8, 4) is 0 Å². The van der Waals surface area contributed by atoms with E-state index in [-0.39, 0.29) is 18.5 Å². The van der Waals surface area contributed by atoms with Gasteiger partial charge in [-0.25, -0.2) is 0 Å². The number of esters is 1. The highest BCUT2D eigenvalue weighted by Crippen LogP contribution is 2.17. The topological polar surface area (TPSA) is 95.9 Å². The number of hydrogen-bond acceptors (Lipinski definition) is 5. The normalized spacial score (nSPS) is 13.0. The van der Waals surface area contributed by atoms with Crippen molar-refractivity contribution in [2.45, 2.75) is 328 Å². The number of rotatable bonds is 57. The maximum atomic E-state index is 12.5. The number of allylic oxidation sites excluding steroid dienone is 9. The van der Waals surface area contributed by atoms with Crippen molar-refractivity contribution < 1.29 is 24.5 Å². The minimum atomic E-state index is -0.882. The summed E-state index contributed by atoms with van der Waals surface area (Å²) in [4.78, 5) is 24.5. The molecule has 0 aliphatic heterocycles. The van der Waals surface area contributed by atoms with Gasteiger partial charge in [-0.3, -0.25) is 9.59 Å². The molecule has 414 valence electrons. The average molecular weight is 995 g/mol. The second-order valence-corrected chi connectivity index (χ2v) is 21.0. The van der Waals surface area contributed by atoms with Crippen LogP contribution in [0.4, 0.5) is 0 Å². The van der Waals surface area contributed by atoms with E-state index in [2.05, 4.69) is 61.7 Å². The summed E-state index contributed by atoms with van der Waals surface area (Å²) >= 11 is 0. The Morgan fingerprint density at radius 3 is 1.13 bits per heavy atom. The molecule has 2 atom stereocenters. The molecule has 0 heterocycles. The van der Waals surface area contributed by atoms with E-state index in [4.69, 9.17) is 4.74 Å². The summed E-state index contributed by atoms with van der Waals surface area (Å²) < 4.78 is 5.46. The van der Waals surface area contributed by atoms with Crippen molar-refractivity contribution in [1.29, 1.82) is 0 Å². The second-order valence-electron chi connectivity index (χ2n) is 21.0. The van der Waals surface area contributed by atoms with E-state index < -0.39 is 12.1 Å². The third-order valence-electron chi connectivity index (χ3n) is 14.0. The highest BCUT2D eigenvalue weighted by atomic mass is 16.5. The molecular formula is C65H119NO5. The molecule has 0 rings (SSSR count). The summed E-state index contributed by atoms with van der Waals surface area (Å²) in [6.07, 6.45) is 78.4. The average Bonchev–Trinajstić information content (AvgIpc) is 3.37. The summed E-state index contributed by atoms with van der Waals surface area (Å²) in [7, 11) is 0. The number of amides is 1. The maximum Gasteiger partial charge on any atom is 0.305 e. The number of hydrogen-bond donors (Lipinski definition) is 3. The molecule has 0 saturated carbocycles. The fraction of sp³-hybridized carbons (Fsp3) is 0.815. The minimum absolute atomic E-state index is 0.0263. The molecule has 0 aliphatic rings.